The molecule has 3 aromatic rings. The van der Waals surface area contributed by atoms with Crippen LogP contribution < -0.4 is 4.74 Å². The molecule has 0 aliphatic heterocycles. The molecular weight excluding hydrogens is 376 g/mol. The van der Waals surface area contributed by atoms with Gasteiger partial charge in [0.15, 0.2) is 5.16 Å². The topological polar surface area (TPSA) is 35.0 Å². The van der Waals surface area contributed by atoms with E-state index in [1.165, 1.54) is 5.56 Å². The molecule has 0 saturated heterocycles. The average molecular weight is 399 g/mol. The van der Waals surface area contributed by atoms with Crippen molar-refractivity contribution < 1.29 is 4.74 Å². The van der Waals surface area contributed by atoms with E-state index in [4.69, 9.17) is 21.3 Å². The zero-order valence-electron chi connectivity index (χ0n) is 16.0. The highest BCUT2D eigenvalue weighted by atomic mass is 35.5. The van der Waals surface area contributed by atoms with E-state index in [2.05, 4.69) is 32.7 Å². The molecule has 0 aliphatic carbocycles. The zero-order chi connectivity index (χ0) is 19.4. The number of hydrogen-bond donors (Lipinski definition) is 0. The van der Waals surface area contributed by atoms with Gasteiger partial charge < -0.3 is 4.74 Å². The van der Waals surface area contributed by atoms with E-state index >= 15 is 0 Å². The van der Waals surface area contributed by atoms with E-state index in [0.717, 1.165) is 22.0 Å². The van der Waals surface area contributed by atoms with Crippen LogP contribution in [0.4, 0.5) is 0 Å². The molecule has 0 radical (unpaired) electrons. The SMILES string of the molecule is Cc1ccc(Oc2cc(C(C)(C)C)nc(SCc3ccccc3Cl)n2)cc1. The monoisotopic (exact) mass is 398 g/mol. The second-order valence-electron chi connectivity index (χ2n) is 7.42. The van der Waals surface area contributed by atoms with Crippen molar-refractivity contribution in [1.29, 1.82) is 0 Å². The maximum absolute atomic E-state index is 6.27. The standard InChI is InChI=1S/C22H23ClN2OS/c1-15-9-11-17(12-10-15)26-20-13-19(22(2,3)4)24-21(25-20)27-14-16-7-5-6-8-18(16)23/h5-13H,14H2,1-4H3. The van der Waals surface area contributed by atoms with Gasteiger partial charge in [0, 0.05) is 22.3 Å². The lowest BCUT2D eigenvalue weighted by molar-refractivity contribution is 0.446. The molecule has 0 aliphatic rings. The van der Waals surface area contributed by atoms with Crippen LogP contribution in [0.1, 0.15) is 37.6 Å². The van der Waals surface area contributed by atoms with Crippen molar-refractivity contribution >= 4 is 23.4 Å². The number of benzene rings is 2. The van der Waals surface area contributed by atoms with Gasteiger partial charge in [-0.05, 0) is 30.7 Å². The summed E-state index contributed by atoms with van der Waals surface area (Å²) in [5.74, 6) is 2.03. The molecule has 1 aromatic heterocycles. The highest BCUT2D eigenvalue weighted by Gasteiger charge is 2.19. The minimum absolute atomic E-state index is 0.103. The number of aryl methyl sites for hydroxylation is 1. The maximum atomic E-state index is 6.27. The molecule has 3 nitrogen and oxygen atoms in total. The van der Waals surface area contributed by atoms with E-state index in [-0.39, 0.29) is 5.41 Å². The van der Waals surface area contributed by atoms with Crippen molar-refractivity contribution in [2.24, 2.45) is 0 Å². The summed E-state index contributed by atoms with van der Waals surface area (Å²) >= 11 is 7.83. The minimum atomic E-state index is -0.103. The van der Waals surface area contributed by atoms with Crippen molar-refractivity contribution in [3.8, 4) is 11.6 Å². The highest BCUT2D eigenvalue weighted by Crippen LogP contribution is 2.31. The fourth-order valence-corrected chi connectivity index (χ4v) is 3.53. The number of hydrogen-bond acceptors (Lipinski definition) is 4. The Morgan fingerprint density at radius 3 is 2.37 bits per heavy atom. The fraction of sp³-hybridized carbons (Fsp3) is 0.273. The Bertz CT molecular complexity index is 920. The molecule has 0 amide bonds. The van der Waals surface area contributed by atoms with E-state index in [0.29, 0.717) is 16.8 Å². The summed E-state index contributed by atoms with van der Waals surface area (Å²) in [6.45, 7) is 8.45. The minimum Gasteiger partial charge on any atom is -0.439 e. The van der Waals surface area contributed by atoms with Gasteiger partial charge in [-0.25, -0.2) is 4.98 Å². The molecule has 140 valence electrons. The van der Waals surface area contributed by atoms with Crippen LogP contribution in [0.3, 0.4) is 0 Å². The number of thioether (sulfide) groups is 1. The molecule has 27 heavy (non-hydrogen) atoms. The molecule has 0 unspecified atom stereocenters. The van der Waals surface area contributed by atoms with Crippen molar-refractivity contribution in [1.82, 2.24) is 9.97 Å². The van der Waals surface area contributed by atoms with Gasteiger partial charge in [0.05, 0.1) is 5.69 Å². The van der Waals surface area contributed by atoms with Crippen molar-refractivity contribution in [3.05, 3.63) is 76.4 Å². The number of halogens is 1. The number of ether oxygens (including phenoxy) is 1. The third-order valence-electron chi connectivity index (χ3n) is 4.01. The van der Waals surface area contributed by atoms with Crippen molar-refractivity contribution in [2.45, 2.75) is 44.0 Å². The largest absolute Gasteiger partial charge is 0.439 e. The van der Waals surface area contributed by atoms with Crippen LogP contribution in [0.5, 0.6) is 11.6 Å². The lowest BCUT2D eigenvalue weighted by atomic mass is 9.92. The number of nitrogens with zero attached hydrogens (tertiary/aromatic N) is 2. The van der Waals surface area contributed by atoms with Crippen LogP contribution in [-0.2, 0) is 11.2 Å². The predicted octanol–water partition coefficient (Wildman–Crippen LogP) is 6.82. The average Bonchev–Trinajstić information content (AvgIpc) is 2.62. The Hall–Kier alpha value is -2.04. The molecule has 0 N–H and O–H groups in total. The summed E-state index contributed by atoms with van der Waals surface area (Å²) in [7, 11) is 0. The first-order valence-electron chi connectivity index (χ1n) is 8.81. The Labute approximate surface area is 170 Å². The lowest BCUT2D eigenvalue weighted by Gasteiger charge is -2.19. The summed E-state index contributed by atoms with van der Waals surface area (Å²) < 4.78 is 6.00. The first-order chi connectivity index (χ1) is 12.8. The smallest absolute Gasteiger partial charge is 0.223 e. The Kier molecular flexibility index (Phi) is 6.08. The van der Waals surface area contributed by atoms with Crippen LogP contribution in [0.2, 0.25) is 5.02 Å². The van der Waals surface area contributed by atoms with Gasteiger partial charge >= 0.3 is 0 Å². The van der Waals surface area contributed by atoms with Gasteiger partial charge in [0.25, 0.3) is 0 Å². The fourth-order valence-electron chi connectivity index (χ4n) is 2.39. The molecule has 0 spiro atoms. The Balaban J connectivity index is 1.86. The third kappa shape index (κ3) is 5.47. The van der Waals surface area contributed by atoms with Crippen LogP contribution in [0.25, 0.3) is 0 Å². The van der Waals surface area contributed by atoms with Gasteiger partial charge in [-0.1, -0.05) is 80.0 Å². The summed E-state index contributed by atoms with van der Waals surface area (Å²) in [6, 6.07) is 17.7. The van der Waals surface area contributed by atoms with Gasteiger partial charge in [-0.15, -0.1) is 0 Å². The maximum Gasteiger partial charge on any atom is 0.223 e. The summed E-state index contributed by atoms with van der Waals surface area (Å²) in [4.78, 5) is 9.33. The van der Waals surface area contributed by atoms with Gasteiger partial charge in [-0.3, -0.25) is 0 Å². The molecule has 0 saturated carbocycles. The van der Waals surface area contributed by atoms with Gasteiger partial charge in [0.2, 0.25) is 5.88 Å². The zero-order valence-corrected chi connectivity index (χ0v) is 17.6. The molecule has 0 atom stereocenters. The molecule has 0 bridgehead atoms. The third-order valence-corrected chi connectivity index (χ3v) is 5.27. The Morgan fingerprint density at radius 2 is 1.70 bits per heavy atom. The first kappa shape index (κ1) is 19.7. The second-order valence-corrected chi connectivity index (χ2v) is 8.77. The normalized spacial score (nSPS) is 11.4. The van der Waals surface area contributed by atoms with E-state index < -0.39 is 0 Å². The second kappa shape index (κ2) is 8.32. The Morgan fingerprint density at radius 1 is 1.00 bits per heavy atom. The van der Waals surface area contributed by atoms with Crippen molar-refractivity contribution in [3.63, 3.8) is 0 Å². The first-order valence-corrected chi connectivity index (χ1v) is 10.2. The lowest BCUT2D eigenvalue weighted by Crippen LogP contribution is -2.14. The summed E-state index contributed by atoms with van der Waals surface area (Å²) in [5.41, 5.74) is 3.10. The van der Waals surface area contributed by atoms with E-state index in [9.17, 15) is 0 Å². The molecule has 5 heteroatoms. The van der Waals surface area contributed by atoms with Crippen LogP contribution in [0, 0.1) is 6.92 Å². The van der Waals surface area contributed by atoms with Crippen molar-refractivity contribution in [2.75, 3.05) is 0 Å². The molecule has 2 aromatic carbocycles. The molecule has 1 heterocycles. The van der Waals surface area contributed by atoms with Crippen LogP contribution >= 0.6 is 23.4 Å². The van der Waals surface area contributed by atoms with Crippen LogP contribution in [0.15, 0.2) is 59.8 Å². The van der Waals surface area contributed by atoms with Crippen LogP contribution in [-0.4, -0.2) is 9.97 Å². The van der Waals surface area contributed by atoms with Gasteiger partial charge in [-0.2, -0.15) is 4.98 Å². The predicted molar refractivity (Wildman–Crippen MR) is 113 cm³/mol. The number of rotatable bonds is 5. The van der Waals surface area contributed by atoms with Gasteiger partial charge in [0.1, 0.15) is 5.75 Å². The number of aromatic nitrogens is 2. The van der Waals surface area contributed by atoms with E-state index in [1.807, 2.05) is 54.6 Å². The highest BCUT2D eigenvalue weighted by molar-refractivity contribution is 7.98. The summed E-state index contributed by atoms with van der Waals surface area (Å²) in [6.07, 6.45) is 0. The summed E-state index contributed by atoms with van der Waals surface area (Å²) in [5, 5.41) is 1.44. The molecule has 3 rings (SSSR count). The quantitative estimate of drug-likeness (QED) is 0.349. The molecule has 0 fully saturated rings. The molecular formula is C22H23ClN2OS. The van der Waals surface area contributed by atoms with E-state index in [1.54, 1.807) is 11.8 Å².